The standard InChI is InChI=1S/C20H42N2/c1-7-8-9-10-11-12-13-14-17(2)21-18-15-19(3,4)22-20(5,6)16-18/h17-18,21-22H,7-16H2,1-6H3/t17-/m0/s1. The molecule has 0 bridgehead atoms. The van der Waals surface area contributed by atoms with Gasteiger partial charge in [0.05, 0.1) is 0 Å². The molecule has 0 aromatic carbocycles. The highest BCUT2D eigenvalue weighted by molar-refractivity contribution is 4.99. The Balaban J connectivity index is 2.17. The normalized spacial score (nSPS) is 22.6. The van der Waals surface area contributed by atoms with E-state index in [2.05, 4.69) is 52.2 Å². The van der Waals surface area contributed by atoms with E-state index in [9.17, 15) is 0 Å². The predicted octanol–water partition coefficient (Wildman–Crippen LogP) is 5.41. The van der Waals surface area contributed by atoms with Crippen LogP contribution < -0.4 is 10.6 Å². The van der Waals surface area contributed by atoms with Crippen molar-refractivity contribution in [2.24, 2.45) is 0 Å². The third kappa shape index (κ3) is 8.53. The van der Waals surface area contributed by atoms with Crippen LogP contribution in [-0.4, -0.2) is 23.2 Å². The summed E-state index contributed by atoms with van der Waals surface area (Å²) in [6.45, 7) is 14.0. The van der Waals surface area contributed by atoms with Gasteiger partial charge in [-0.3, -0.25) is 0 Å². The van der Waals surface area contributed by atoms with Crippen LogP contribution in [-0.2, 0) is 0 Å². The van der Waals surface area contributed by atoms with Gasteiger partial charge in [-0.2, -0.15) is 0 Å². The van der Waals surface area contributed by atoms with Crippen LogP contribution in [0.15, 0.2) is 0 Å². The van der Waals surface area contributed by atoms with Crippen LogP contribution in [0.1, 0.15) is 106 Å². The molecule has 2 N–H and O–H groups in total. The molecule has 1 fully saturated rings. The smallest absolute Gasteiger partial charge is 0.0144 e. The molecule has 132 valence electrons. The number of hydrogen-bond acceptors (Lipinski definition) is 2. The van der Waals surface area contributed by atoms with Crippen molar-refractivity contribution in [3.8, 4) is 0 Å². The van der Waals surface area contributed by atoms with Gasteiger partial charge in [0.2, 0.25) is 0 Å². The quantitative estimate of drug-likeness (QED) is 0.527. The Morgan fingerprint density at radius 3 is 1.95 bits per heavy atom. The second kappa shape index (κ2) is 9.27. The maximum absolute atomic E-state index is 3.90. The van der Waals surface area contributed by atoms with Crippen molar-refractivity contribution in [2.45, 2.75) is 129 Å². The summed E-state index contributed by atoms with van der Waals surface area (Å²) in [4.78, 5) is 0. The number of unbranched alkanes of at least 4 members (excludes halogenated alkanes) is 6. The zero-order valence-electron chi connectivity index (χ0n) is 16.2. The molecule has 0 radical (unpaired) electrons. The van der Waals surface area contributed by atoms with Crippen LogP contribution in [0, 0.1) is 0 Å². The highest BCUT2D eigenvalue weighted by Gasteiger charge is 2.37. The molecule has 1 heterocycles. The minimum atomic E-state index is 0.248. The number of nitrogens with one attached hydrogen (secondary N) is 2. The van der Waals surface area contributed by atoms with E-state index in [1.807, 2.05) is 0 Å². The second-order valence-corrected chi connectivity index (χ2v) is 8.98. The first kappa shape index (κ1) is 20.0. The molecule has 0 aromatic heterocycles. The van der Waals surface area contributed by atoms with Gasteiger partial charge in [-0.15, -0.1) is 0 Å². The van der Waals surface area contributed by atoms with Gasteiger partial charge in [0.25, 0.3) is 0 Å². The van der Waals surface area contributed by atoms with Crippen molar-refractivity contribution in [1.82, 2.24) is 10.6 Å². The molecule has 1 aliphatic rings. The maximum atomic E-state index is 3.90. The van der Waals surface area contributed by atoms with Crippen molar-refractivity contribution >= 4 is 0 Å². The molecule has 2 nitrogen and oxygen atoms in total. The third-order valence-corrected chi connectivity index (χ3v) is 4.95. The average molecular weight is 311 g/mol. The molecule has 0 aliphatic carbocycles. The summed E-state index contributed by atoms with van der Waals surface area (Å²) < 4.78 is 0. The minimum absolute atomic E-state index is 0.248. The lowest BCUT2D eigenvalue weighted by Crippen LogP contribution is -2.62. The summed E-state index contributed by atoms with van der Waals surface area (Å²) in [5.41, 5.74) is 0.497. The van der Waals surface area contributed by atoms with Gasteiger partial charge in [-0.25, -0.2) is 0 Å². The summed E-state index contributed by atoms with van der Waals surface area (Å²) in [5, 5.41) is 7.67. The van der Waals surface area contributed by atoms with E-state index in [1.165, 1.54) is 64.2 Å². The average Bonchev–Trinajstić information content (AvgIpc) is 2.33. The molecular formula is C20H42N2. The molecule has 1 saturated heterocycles. The van der Waals surface area contributed by atoms with Gasteiger partial charge in [0, 0.05) is 23.2 Å². The molecule has 1 aliphatic heterocycles. The zero-order chi connectivity index (χ0) is 16.6. The van der Waals surface area contributed by atoms with Gasteiger partial charge in [-0.1, -0.05) is 51.9 Å². The van der Waals surface area contributed by atoms with Crippen molar-refractivity contribution in [3.05, 3.63) is 0 Å². The van der Waals surface area contributed by atoms with Crippen LogP contribution >= 0.6 is 0 Å². The molecule has 1 atom stereocenters. The summed E-state index contributed by atoms with van der Waals surface area (Å²) in [6, 6.07) is 1.32. The van der Waals surface area contributed by atoms with Gasteiger partial charge in [0.1, 0.15) is 0 Å². The van der Waals surface area contributed by atoms with Crippen LogP contribution in [0.25, 0.3) is 0 Å². The fourth-order valence-corrected chi connectivity index (χ4v) is 4.33. The Kier molecular flexibility index (Phi) is 8.42. The van der Waals surface area contributed by atoms with E-state index in [0.29, 0.717) is 12.1 Å². The Morgan fingerprint density at radius 1 is 0.909 bits per heavy atom. The largest absolute Gasteiger partial charge is 0.311 e. The number of hydrogen-bond donors (Lipinski definition) is 2. The molecule has 22 heavy (non-hydrogen) atoms. The molecule has 0 aromatic rings. The van der Waals surface area contributed by atoms with E-state index in [4.69, 9.17) is 0 Å². The molecule has 0 saturated carbocycles. The zero-order valence-corrected chi connectivity index (χ0v) is 16.2. The SMILES string of the molecule is CCCCCCCCC[C@H](C)NC1CC(C)(C)NC(C)(C)C1. The van der Waals surface area contributed by atoms with E-state index < -0.39 is 0 Å². The van der Waals surface area contributed by atoms with E-state index in [-0.39, 0.29) is 11.1 Å². The highest BCUT2D eigenvalue weighted by Crippen LogP contribution is 2.29. The Morgan fingerprint density at radius 2 is 1.41 bits per heavy atom. The van der Waals surface area contributed by atoms with Crippen molar-refractivity contribution in [1.29, 1.82) is 0 Å². The fourth-order valence-electron chi connectivity index (χ4n) is 4.33. The first-order chi connectivity index (χ1) is 10.2. The lowest BCUT2D eigenvalue weighted by Gasteiger charge is -2.47. The molecule has 0 amide bonds. The second-order valence-electron chi connectivity index (χ2n) is 8.98. The van der Waals surface area contributed by atoms with Gasteiger partial charge in [-0.05, 0) is 53.9 Å². The fraction of sp³-hybridized carbons (Fsp3) is 1.00. The van der Waals surface area contributed by atoms with Gasteiger partial charge in [0.15, 0.2) is 0 Å². The van der Waals surface area contributed by atoms with Crippen LogP contribution in [0.2, 0.25) is 0 Å². The summed E-state index contributed by atoms with van der Waals surface area (Å²) >= 11 is 0. The third-order valence-electron chi connectivity index (χ3n) is 4.95. The Hall–Kier alpha value is -0.0800. The van der Waals surface area contributed by atoms with Crippen LogP contribution in [0.5, 0.6) is 0 Å². The minimum Gasteiger partial charge on any atom is -0.311 e. The number of piperidine rings is 1. The summed E-state index contributed by atoms with van der Waals surface area (Å²) in [6.07, 6.45) is 13.7. The molecule has 0 spiro atoms. The Bertz CT molecular complexity index is 280. The van der Waals surface area contributed by atoms with Crippen LogP contribution in [0.4, 0.5) is 0 Å². The summed E-state index contributed by atoms with van der Waals surface area (Å²) in [5.74, 6) is 0. The predicted molar refractivity (Wildman–Crippen MR) is 99.5 cm³/mol. The first-order valence-corrected chi connectivity index (χ1v) is 9.79. The van der Waals surface area contributed by atoms with Crippen LogP contribution in [0.3, 0.4) is 0 Å². The maximum Gasteiger partial charge on any atom is 0.0144 e. The van der Waals surface area contributed by atoms with Crippen molar-refractivity contribution in [2.75, 3.05) is 0 Å². The monoisotopic (exact) mass is 310 g/mol. The van der Waals surface area contributed by atoms with Crippen molar-refractivity contribution in [3.63, 3.8) is 0 Å². The first-order valence-electron chi connectivity index (χ1n) is 9.79. The number of rotatable bonds is 10. The molecule has 2 heteroatoms. The molecular weight excluding hydrogens is 268 g/mol. The molecule has 1 rings (SSSR count). The van der Waals surface area contributed by atoms with E-state index in [0.717, 1.165) is 0 Å². The highest BCUT2D eigenvalue weighted by atomic mass is 15.1. The van der Waals surface area contributed by atoms with Gasteiger partial charge < -0.3 is 10.6 Å². The topological polar surface area (TPSA) is 24.1 Å². The Labute approximate surface area is 140 Å². The molecule has 0 unspecified atom stereocenters. The van der Waals surface area contributed by atoms with E-state index in [1.54, 1.807) is 0 Å². The van der Waals surface area contributed by atoms with Crippen molar-refractivity contribution < 1.29 is 0 Å². The lowest BCUT2D eigenvalue weighted by molar-refractivity contribution is 0.139. The summed E-state index contributed by atoms with van der Waals surface area (Å²) in [7, 11) is 0. The lowest BCUT2D eigenvalue weighted by atomic mass is 9.79. The van der Waals surface area contributed by atoms with E-state index >= 15 is 0 Å². The van der Waals surface area contributed by atoms with Gasteiger partial charge >= 0.3 is 0 Å².